The molecule has 1 atom stereocenters. The van der Waals surface area contributed by atoms with E-state index in [-0.39, 0.29) is 17.8 Å². The minimum absolute atomic E-state index is 0.111. The van der Waals surface area contributed by atoms with E-state index in [4.69, 9.17) is 0 Å². The van der Waals surface area contributed by atoms with Gasteiger partial charge < -0.3 is 4.90 Å². The molecule has 0 saturated heterocycles. The molecule has 1 aliphatic rings. The second kappa shape index (κ2) is 6.50. The molecule has 1 aliphatic heterocycles. The Morgan fingerprint density at radius 2 is 1.91 bits per heavy atom. The second-order valence-electron chi connectivity index (χ2n) is 6.09. The van der Waals surface area contributed by atoms with Gasteiger partial charge in [-0.15, -0.1) is 0 Å². The lowest BCUT2D eigenvalue weighted by atomic mass is 10.1. The van der Waals surface area contributed by atoms with Gasteiger partial charge in [-0.1, -0.05) is 30.3 Å². The van der Waals surface area contributed by atoms with Gasteiger partial charge in [0.25, 0.3) is 0 Å². The minimum Gasteiger partial charge on any atom is -0.310 e. The molecule has 2 aromatic carbocycles. The molecular weight excluding hydrogens is 291 g/mol. The molecule has 3 rings (SSSR count). The van der Waals surface area contributed by atoms with Crippen LogP contribution >= 0.6 is 0 Å². The molecule has 0 N–H and O–H groups in total. The molecule has 0 aromatic heterocycles. The van der Waals surface area contributed by atoms with Gasteiger partial charge in [0, 0.05) is 18.8 Å². The fourth-order valence-electron chi connectivity index (χ4n) is 3.00. The highest BCUT2D eigenvalue weighted by Crippen LogP contribution is 2.28. The number of amides is 1. The quantitative estimate of drug-likeness (QED) is 0.865. The average Bonchev–Trinajstić information content (AvgIpc) is 2.99. The fraction of sp³-hybridized carbons (Fsp3) is 0.316. The van der Waals surface area contributed by atoms with Crippen molar-refractivity contribution in [1.82, 2.24) is 4.90 Å². The fourth-order valence-corrected chi connectivity index (χ4v) is 3.00. The number of hydrogen-bond acceptors (Lipinski definition) is 2. The van der Waals surface area contributed by atoms with Crippen LogP contribution in [0.5, 0.6) is 0 Å². The highest BCUT2D eigenvalue weighted by atomic mass is 19.1. The number of fused-ring (bicyclic) bond motifs is 1. The molecule has 23 heavy (non-hydrogen) atoms. The van der Waals surface area contributed by atoms with Gasteiger partial charge >= 0.3 is 0 Å². The minimum atomic E-state index is -0.241. The van der Waals surface area contributed by atoms with E-state index in [9.17, 15) is 9.18 Å². The maximum absolute atomic E-state index is 13.0. The van der Waals surface area contributed by atoms with Crippen molar-refractivity contribution in [2.24, 2.45) is 0 Å². The highest BCUT2D eigenvalue weighted by Gasteiger charge is 2.29. The van der Waals surface area contributed by atoms with Crippen LogP contribution in [0, 0.1) is 5.82 Å². The monoisotopic (exact) mass is 312 g/mol. The largest absolute Gasteiger partial charge is 0.310 e. The molecule has 2 aromatic rings. The Morgan fingerprint density at radius 1 is 1.22 bits per heavy atom. The first-order valence-corrected chi connectivity index (χ1v) is 7.90. The molecule has 0 bridgehead atoms. The molecule has 120 valence electrons. The van der Waals surface area contributed by atoms with Crippen molar-refractivity contribution in [3.63, 3.8) is 0 Å². The summed E-state index contributed by atoms with van der Waals surface area (Å²) in [5, 5.41) is 0. The first kappa shape index (κ1) is 15.7. The van der Waals surface area contributed by atoms with E-state index in [1.165, 1.54) is 17.7 Å². The highest BCUT2D eigenvalue weighted by molar-refractivity contribution is 5.98. The van der Waals surface area contributed by atoms with E-state index in [2.05, 4.69) is 6.07 Å². The van der Waals surface area contributed by atoms with Crippen LogP contribution < -0.4 is 4.90 Å². The van der Waals surface area contributed by atoms with E-state index in [1.54, 1.807) is 12.1 Å². The van der Waals surface area contributed by atoms with Gasteiger partial charge in [0.2, 0.25) is 5.91 Å². The maximum atomic E-state index is 13.0. The SMILES string of the molecule is CC(C(=O)N1CCc2ccccc21)N(C)Cc1ccc(F)cc1. The molecule has 1 unspecified atom stereocenters. The van der Waals surface area contributed by atoms with Crippen LogP contribution in [0.1, 0.15) is 18.1 Å². The normalized spacial score (nSPS) is 14.9. The summed E-state index contributed by atoms with van der Waals surface area (Å²) in [6, 6.07) is 14.3. The Kier molecular flexibility index (Phi) is 4.44. The average molecular weight is 312 g/mol. The molecular formula is C19H21FN2O. The summed E-state index contributed by atoms with van der Waals surface area (Å²) in [5.41, 5.74) is 3.25. The predicted molar refractivity (Wildman–Crippen MR) is 89.8 cm³/mol. The molecule has 1 heterocycles. The van der Waals surface area contributed by atoms with Crippen molar-refractivity contribution in [3.8, 4) is 0 Å². The summed E-state index contributed by atoms with van der Waals surface area (Å²) < 4.78 is 13.0. The third-order valence-electron chi connectivity index (χ3n) is 4.52. The Labute approximate surface area is 136 Å². The van der Waals surface area contributed by atoms with Gasteiger partial charge in [0.1, 0.15) is 5.82 Å². The molecule has 0 radical (unpaired) electrons. The number of halogens is 1. The summed E-state index contributed by atoms with van der Waals surface area (Å²) in [7, 11) is 1.92. The van der Waals surface area contributed by atoms with Crippen molar-refractivity contribution in [1.29, 1.82) is 0 Å². The Bertz CT molecular complexity index is 699. The van der Waals surface area contributed by atoms with Crippen LogP contribution in [0.2, 0.25) is 0 Å². The van der Waals surface area contributed by atoms with Crippen LogP contribution in [0.4, 0.5) is 10.1 Å². The van der Waals surface area contributed by atoms with E-state index in [0.717, 1.165) is 24.2 Å². The third-order valence-corrected chi connectivity index (χ3v) is 4.52. The topological polar surface area (TPSA) is 23.6 Å². The number of likely N-dealkylation sites (N-methyl/N-ethyl adjacent to an activating group) is 1. The lowest BCUT2D eigenvalue weighted by Gasteiger charge is -2.28. The van der Waals surface area contributed by atoms with Crippen molar-refractivity contribution >= 4 is 11.6 Å². The Balaban J connectivity index is 1.69. The van der Waals surface area contributed by atoms with E-state index >= 15 is 0 Å². The Hall–Kier alpha value is -2.20. The predicted octanol–water partition coefficient (Wildman–Crippen LogP) is 3.24. The van der Waals surface area contributed by atoms with E-state index in [1.807, 2.05) is 42.0 Å². The zero-order valence-corrected chi connectivity index (χ0v) is 13.5. The number of hydrogen-bond donors (Lipinski definition) is 0. The van der Waals surface area contributed by atoms with E-state index in [0.29, 0.717) is 6.54 Å². The Morgan fingerprint density at radius 3 is 2.65 bits per heavy atom. The van der Waals surface area contributed by atoms with E-state index < -0.39 is 0 Å². The summed E-state index contributed by atoms with van der Waals surface area (Å²) in [6.45, 7) is 3.28. The number of rotatable bonds is 4. The van der Waals surface area contributed by atoms with Gasteiger partial charge in [-0.3, -0.25) is 9.69 Å². The number of benzene rings is 2. The summed E-state index contributed by atoms with van der Waals surface area (Å²) >= 11 is 0. The van der Waals surface area contributed by atoms with Gasteiger partial charge in [0.05, 0.1) is 6.04 Å². The van der Waals surface area contributed by atoms with Crippen LogP contribution in [-0.4, -0.2) is 30.4 Å². The lowest BCUT2D eigenvalue weighted by Crippen LogP contribution is -2.45. The summed E-state index contributed by atoms with van der Waals surface area (Å²) in [6.07, 6.45) is 0.913. The molecule has 0 saturated carbocycles. The number of para-hydroxylation sites is 1. The number of nitrogens with zero attached hydrogens (tertiary/aromatic N) is 2. The molecule has 3 nitrogen and oxygen atoms in total. The van der Waals surface area contributed by atoms with Gasteiger partial charge in [-0.2, -0.15) is 0 Å². The first-order valence-electron chi connectivity index (χ1n) is 7.90. The van der Waals surface area contributed by atoms with Gasteiger partial charge in [-0.05, 0) is 49.7 Å². The van der Waals surface area contributed by atoms with Crippen LogP contribution in [0.15, 0.2) is 48.5 Å². The molecule has 0 aliphatic carbocycles. The maximum Gasteiger partial charge on any atom is 0.244 e. The number of carbonyl (C=O) groups excluding carboxylic acids is 1. The molecule has 1 amide bonds. The first-order chi connectivity index (χ1) is 11.1. The van der Waals surface area contributed by atoms with Crippen LogP contribution in [0.3, 0.4) is 0 Å². The number of carbonyl (C=O) groups is 1. The zero-order valence-electron chi connectivity index (χ0n) is 13.5. The molecule has 0 fully saturated rings. The number of anilines is 1. The van der Waals surface area contributed by atoms with Crippen LogP contribution in [0.25, 0.3) is 0 Å². The summed E-state index contributed by atoms with van der Waals surface area (Å²) in [4.78, 5) is 16.7. The van der Waals surface area contributed by atoms with Crippen molar-refractivity contribution in [2.45, 2.75) is 25.9 Å². The van der Waals surface area contributed by atoms with Crippen LogP contribution in [-0.2, 0) is 17.8 Å². The second-order valence-corrected chi connectivity index (χ2v) is 6.09. The van der Waals surface area contributed by atoms with Crippen molar-refractivity contribution < 1.29 is 9.18 Å². The summed E-state index contributed by atoms with van der Waals surface area (Å²) in [5.74, 6) is -0.131. The van der Waals surface area contributed by atoms with Crippen molar-refractivity contribution in [2.75, 3.05) is 18.5 Å². The smallest absolute Gasteiger partial charge is 0.244 e. The van der Waals surface area contributed by atoms with Gasteiger partial charge in [-0.25, -0.2) is 4.39 Å². The van der Waals surface area contributed by atoms with Gasteiger partial charge in [0.15, 0.2) is 0 Å². The molecule has 0 spiro atoms. The standard InChI is InChI=1S/C19H21FN2O/c1-14(21(2)13-15-7-9-17(20)10-8-15)19(23)22-12-11-16-5-3-4-6-18(16)22/h3-10,14H,11-13H2,1-2H3. The lowest BCUT2D eigenvalue weighted by molar-refractivity contribution is -0.122. The zero-order chi connectivity index (χ0) is 16.4. The molecule has 4 heteroatoms. The third kappa shape index (κ3) is 3.27. The van der Waals surface area contributed by atoms with Crippen molar-refractivity contribution in [3.05, 3.63) is 65.5 Å².